The van der Waals surface area contributed by atoms with Gasteiger partial charge in [0.25, 0.3) is 0 Å². The van der Waals surface area contributed by atoms with Crippen LogP contribution >= 0.6 is 11.6 Å². The fraction of sp³-hybridized carbons (Fsp3) is 0.643. The van der Waals surface area contributed by atoms with Crippen LogP contribution in [-0.2, 0) is 6.18 Å². The molecule has 0 bridgehead atoms. The molecule has 2 fully saturated rings. The van der Waals surface area contributed by atoms with Crippen molar-refractivity contribution < 1.29 is 13.2 Å². The van der Waals surface area contributed by atoms with E-state index in [1.54, 1.807) is 0 Å². The number of halogens is 4. The zero-order valence-electron chi connectivity index (χ0n) is 11.5. The van der Waals surface area contributed by atoms with Crippen LogP contribution in [0.2, 0.25) is 5.02 Å². The van der Waals surface area contributed by atoms with Gasteiger partial charge in [-0.25, -0.2) is 4.98 Å². The summed E-state index contributed by atoms with van der Waals surface area (Å²) in [6.45, 7) is 2.14. The summed E-state index contributed by atoms with van der Waals surface area (Å²) in [6, 6.07) is 1.59. The Morgan fingerprint density at radius 3 is 2.76 bits per heavy atom. The number of alkyl halides is 3. The van der Waals surface area contributed by atoms with Crippen molar-refractivity contribution in [2.24, 2.45) is 0 Å². The van der Waals surface area contributed by atoms with Gasteiger partial charge in [0.05, 0.1) is 10.6 Å². The molecule has 1 aromatic heterocycles. The number of nitrogens with one attached hydrogen (secondary N) is 1. The highest BCUT2D eigenvalue weighted by atomic mass is 35.5. The van der Waals surface area contributed by atoms with Crippen molar-refractivity contribution >= 4 is 17.4 Å². The zero-order chi connectivity index (χ0) is 15.0. The highest BCUT2D eigenvalue weighted by Gasteiger charge is 2.36. The van der Waals surface area contributed by atoms with Crippen LogP contribution in [0.5, 0.6) is 0 Å². The number of hydrogen-bond donors (Lipinski definition) is 1. The molecule has 3 nitrogen and oxygen atoms in total. The van der Waals surface area contributed by atoms with Gasteiger partial charge in [-0.05, 0) is 31.9 Å². The van der Waals surface area contributed by atoms with Gasteiger partial charge in [-0.2, -0.15) is 13.2 Å². The Kier molecular flexibility index (Phi) is 4.01. The Morgan fingerprint density at radius 1 is 1.24 bits per heavy atom. The predicted octanol–water partition coefficient (Wildman–Crippen LogP) is 3.79. The lowest BCUT2D eigenvalue weighted by Gasteiger charge is -2.32. The van der Waals surface area contributed by atoms with Crippen LogP contribution in [0.3, 0.4) is 0 Å². The second-order valence-electron chi connectivity index (χ2n) is 5.69. The molecular weight excluding hydrogens is 303 g/mol. The summed E-state index contributed by atoms with van der Waals surface area (Å²) in [5.41, 5.74) is -0.816. The quantitative estimate of drug-likeness (QED) is 0.899. The third kappa shape index (κ3) is 3.11. The van der Waals surface area contributed by atoms with E-state index in [4.69, 9.17) is 11.6 Å². The topological polar surface area (TPSA) is 28.2 Å². The van der Waals surface area contributed by atoms with E-state index in [2.05, 4.69) is 15.2 Å². The molecule has 2 aliphatic rings. The van der Waals surface area contributed by atoms with E-state index < -0.39 is 11.7 Å². The molecule has 7 heteroatoms. The lowest BCUT2D eigenvalue weighted by molar-refractivity contribution is -0.137. The molecule has 3 rings (SSSR count). The number of aromatic nitrogens is 1. The molecule has 1 N–H and O–H groups in total. The fourth-order valence-electron chi connectivity index (χ4n) is 3.29. The average Bonchev–Trinajstić information content (AvgIpc) is 2.83. The standard InChI is InChI=1S/C14H17ClF3N3/c15-10-7-9(14(16,17)18)8-19-13(10)20-11-4-6-21-5-2-1-3-12(11)21/h7-8,11-12H,1-6H2,(H,19,20). The number of pyridine rings is 1. The van der Waals surface area contributed by atoms with Crippen LogP contribution in [0.4, 0.5) is 19.0 Å². The molecule has 0 aliphatic carbocycles. The van der Waals surface area contributed by atoms with Crippen LogP contribution in [0.25, 0.3) is 0 Å². The second kappa shape index (κ2) is 5.65. The minimum absolute atomic E-state index is 0.0269. The first-order valence-corrected chi connectivity index (χ1v) is 7.56. The smallest absolute Gasteiger partial charge is 0.364 e. The number of nitrogens with zero attached hydrogens (tertiary/aromatic N) is 2. The molecule has 0 saturated carbocycles. The van der Waals surface area contributed by atoms with Gasteiger partial charge < -0.3 is 5.32 Å². The van der Waals surface area contributed by atoms with Gasteiger partial charge in [-0.3, -0.25) is 4.90 Å². The first kappa shape index (κ1) is 14.9. The maximum atomic E-state index is 12.6. The number of rotatable bonds is 2. The zero-order valence-corrected chi connectivity index (χ0v) is 12.2. The molecule has 2 saturated heterocycles. The number of fused-ring (bicyclic) bond motifs is 1. The van der Waals surface area contributed by atoms with Crippen molar-refractivity contribution in [1.82, 2.24) is 9.88 Å². The lowest BCUT2D eigenvalue weighted by atomic mass is 9.99. The van der Waals surface area contributed by atoms with Crippen molar-refractivity contribution in [2.45, 2.75) is 43.9 Å². The summed E-state index contributed by atoms with van der Waals surface area (Å²) in [5, 5.41) is 3.26. The average molecular weight is 320 g/mol. The molecule has 0 aromatic carbocycles. The monoisotopic (exact) mass is 319 g/mol. The third-order valence-electron chi connectivity index (χ3n) is 4.35. The minimum Gasteiger partial charge on any atom is -0.364 e. The highest BCUT2D eigenvalue weighted by Crippen LogP contribution is 2.34. The van der Waals surface area contributed by atoms with E-state index in [1.807, 2.05) is 0 Å². The van der Waals surface area contributed by atoms with Gasteiger partial charge in [-0.15, -0.1) is 0 Å². The van der Waals surface area contributed by atoms with Crippen molar-refractivity contribution in [3.05, 3.63) is 22.8 Å². The maximum Gasteiger partial charge on any atom is 0.417 e. The number of piperidine rings is 1. The van der Waals surface area contributed by atoms with Crippen molar-refractivity contribution in [3.63, 3.8) is 0 Å². The summed E-state index contributed by atoms with van der Waals surface area (Å²) < 4.78 is 37.8. The van der Waals surface area contributed by atoms with Crippen LogP contribution in [0.15, 0.2) is 12.3 Å². The van der Waals surface area contributed by atoms with Crippen LogP contribution in [0.1, 0.15) is 31.2 Å². The summed E-state index contributed by atoms with van der Waals surface area (Å²) in [4.78, 5) is 6.31. The van der Waals surface area contributed by atoms with Crippen molar-refractivity contribution in [2.75, 3.05) is 18.4 Å². The van der Waals surface area contributed by atoms with Gasteiger partial charge in [0.15, 0.2) is 0 Å². The molecule has 2 unspecified atom stereocenters. The number of hydrogen-bond acceptors (Lipinski definition) is 3. The molecule has 116 valence electrons. The fourth-order valence-corrected chi connectivity index (χ4v) is 3.51. The Labute approximate surface area is 126 Å². The second-order valence-corrected chi connectivity index (χ2v) is 6.10. The van der Waals surface area contributed by atoms with E-state index in [9.17, 15) is 13.2 Å². The molecule has 21 heavy (non-hydrogen) atoms. The molecule has 2 aliphatic heterocycles. The van der Waals surface area contributed by atoms with E-state index in [0.29, 0.717) is 11.9 Å². The lowest BCUT2D eigenvalue weighted by Crippen LogP contribution is -2.41. The van der Waals surface area contributed by atoms with Gasteiger partial charge in [0.1, 0.15) is 5.82 Å². The van der Waals surface area contributed by atoms with E-state index in [-0.39, 0.29) is 11.1 Å². The van der Waals surface area contributed by atoms with Crippen LogP contribution in [0, 0.1) is 0 Å². The first-order chi connectivity index (χ1) is 9.95. The Bertz CT molecular complexity index is 521. The predicted molar refractivity (Wildman–Crippen MR) is 75.5 cm³/mol. The third-order valence-corrected chi connectivity index (χ3v) is 4.63. The number of anilines is 1. The molecule has 1 aromatic rings. The molecule has 2 atom stereocenters. The van der Waals surface area contributed by atoms with Crippen LogP contribution in [-0.4, -0.2) is 35.1 Å². The summed E-state index contributed by atoms with van der Waals surface area (Å²) in [5.74, 6) is 0.349. The van der Waals surface area contributed by atoms with Gasteiger partial charge in [-0.1, -0.05) is 18.0 Å². The minimum atomic E-state index is -4.41. The van der Waals surface area contributed by atoms with Crippen molar-refractivity contribution in [3.8, 4) is 0 Å². The maximum absolute atomic E-state index is 12.6. The largest absolute Gasteiger partial charge is 0.417 e. The van der Waals surface area contributed by atoms with E-state index in [1.165, 1.54) is 12.8 Å². The molecular formula is C14H17ClF3N3. The Balaban J connectivity index is 1.73. The Hall–Kier alpha value is -1.01. The molecule has 0 spiro atoms. The normalized spacial score (nSPS) is 26.7. The molecule has 0 amide bonds. The van der Waals surface area contributed by atoms with Gasteiger partial charge in [0, 0.05) is 24.8 Å². The first-order valence-electron chi connectivity index (χ1n) is 7.18. The molecule has 3 heterocycles. The van der Waals surface area contributed by atoms with E-state index in [0.717, 1.165) is 38.2 Å². The van der Waals surface area contributed by atoms with Crippen molar-refractivity contribution in [1.29, 1.82) is 0 Å². The van der Waals surface area contributed by atoms with Gasteiger partial charge in [0.2, 0.25) is 0 Å². The van der Waals surface area contributed by atoms with Crippen LogP contribution < -0.4 is 5.32 Å². The van der Waals surface area contributed by atoms with Gasteiger partial charge >= 0.3 is 6.18 Å². The highest BCUT2D eigenvalue weighted by molar-refractivity contribution is 6.33. The summed E-state index contributed by atoms with van der Waals surface area (Å²) in [7, 11) is 0. The van der Waals surface area contributed by atoms with E-state index >= 15 is 0 Å². The summed E-state index contributed by atoms with van der Waals surface area (Å²) in [6.07, 6.45) is 0.945. The molecule has 0 radical (unpaired) electrons. The Morgan fingerprint density at radius 2 is 2.05 bits per heavy atom. The SMILES string of the molecule is FC(F)(F)c1cnc(NC2CCN3CCCCC23)c(Cl)c1. The summed E-state index contributed by atoms with van der Waals surface area (Å²) >= 11 is 5.95.